The fraction of sp³-hybridized carbons (Fsp3) is 0.579. The van der Waals surface area contributed by atoms with Crippen molar-refractivity contribution in [2.24, 2.45) is 0 Å². The van der Waals surface area contributed by atoms with E-state index in [1.807, 2.05) is 44.2 Å². The van der Waals surface area contributed by atoms with Crippen LogP contribution in [0.5, 0.6) is 0 Å². The van der Waals surface area contributed by atoms with E-state index in [1.165, 1.54) is 0 Å². The van der Waals surface area contributed by atoms with Gasteiger partial charge in [-0.3, -0.25) is 0 Å². The number of benzene rings is 1. The molecule has 0 aliphatic carbocycles. The lowest BCUT2D eigenvalue weighted by Crippen LogP contribution is -2.60. The van der Waals surface area contributed by atoms with Gasteiger partial charge in [0.2, 0.25) is 0 Å². The lowest BCUT2D eigenvalue weighted by Gasteiger charge is -2.48. The highest BCUT2D eigenvalue weighted by atomic mass is 16.8. The molecule has 2 saturated heterocycles. The maximum absolute atomic E-state index is 9.42. The van der Waals surface area contributed by atoms with E-state index in [0.717, 1.165) is 11.1 Å². The summed E-state index contributed by atoms with van der Waals surface area (Å²) >= 11 is 0. The summed E-state index contributed by atoms with van der Waals surface area (Å²) in [6.07, 6.45) is 0.0550. The molecule has 6 nitrogen and oxygen atoms in total. The molecule has 0 bridgehead atoms. The third-order valence-electron chi connectivity index (χ3n) is 4.39. The molecule has 1 aromatic rings. The van der Waals surface area contributed by atoms with Crippen molar-refractivity contribution in [3.63, 3.8) is 0 Å². The first kappa shape index (κ1) is 18.5. The van der Waals surface area contributed by atoms with Gasteiger partial charge in [0.25, 0.3) is 0 Å². The highest BCUT2D eigenvalue weighted by Gasteiger charge is 2.49. The van der Waals surface area contributed by atoms with Crippen molar-refractivity contribution in [2.45, 2.75) is 50.8 Å². The summed E-state index contributed by atoms with van der Waals surface area (Å²) in [7, 11) is 1.57. The second kappa shape index (κ2) is 7.95. The van der Waals surface area contributed by atoms with E-state index in [4.69, 9.17) is 23.7 Å². The summed E-state index contributed by atoms with van der Waals surface area (Å²) in [5.41, 5.74) is 1.80. The Bertz CT molecular complexity index is 585. The van der Waals surface area contributed by atoms with E-state index in [2.05, 4.69) is 0 Å². The summed E-state index contributed by atoms with van der Waals surface area (Å²) < 4.78 is 29.4. The zero-order valence-corrected chi connectivity index (χ0v) is 14.9. The minimum Gasteiger partial charge on any atom is -0.392 e. The molecule has 1 N–H and O–H groups in total. The smallest absolute Gasteiger partial charge is 0.182 e. The van der Waals surface area contributed by atoms with E-state index in [1.54, 1.807) is 13.2 Å². The van der Waals surface area contributed by atoms with Gasteiger partial charge in [0.1, 0.15) is 18.3 Å². The molecule has 2 aliphatic rings. The van der Waals surface area contributed by atoms with Gasteiger partial charge in [0.15, 0.2) is 12.1 Å². The van der Waals surface area contributed by atoms with Crippen LogP contribution in [0.2, 0.25) is 0 Å². The number of hydrogen-bond donors (Lipinski definition) is 1. The monoisotopic (exact) mass is 350 g/mol. The van der Waals surface area contributed by atoms with Gasteiger partial charge in [-0.15, -0.1) is 0 Å². The van der Waals surface area contributed by atoms with Crippen LogP contribution in [0.25, 0.3) is 0 Å². The Labute approximate surface area is 148 Å². The SMILES string of the molecule is CO[C@H]1O[C@@H]2COC(C)(C)O[C@H]2[C@H](OCc2ccccc2)/C1=C\CO. The Morgan fingerprint density at radius 1 is 1.28 bits per heavy atom. The van der Waals surface area contributed by atoms with E-state index >= 15 is 0 Å². The molecule has 3 rings (SSSR count). The van der Waals surface area contributed by atoms with E-state index in [9.17, 15) is 5.11 Å². The Hall–Kier alpha value is -1.28. The first-order valence-corrected chi connectivity index (χ1v) is 8.50. The maximum Gasteiger partial charge on any atom is 0.182 e. The molecule has 4 atom stereocenters. The molecule has 0 saturated carbocycles. The quantitative estimate of drug-likeness (QED) is 0.820. The second-order valence-electron chi connectivity index (χ2n) is 6.64. The fourth-order valence-corrected chi connectivity index (χ4v) is 3.21. The largest absolute Gasteiger partial charge is 0.392 e. The molecule has 0 spiro atoms. The van der Waals surface area contributed by atoms with Crippen molar-refractivity contribution in [3.8, 4) is 0 Å². The molecule has 6 heteroatoms. The average Bonchev–Trinajstić information content (AvgIpc) is 2.61. The molecular formula is C19H26O6. The molecule has 0 amide bonds. The van der Waals surface area contributed by atoms with Crippen LogP contribution in [-0.2, 0) is 30.3 Å². The van der Waals surface area contributed by atoms with E-state index in [-0.39, 0.29) is 24.9 Å². The zero-order chi connectivity index (χ0) is 17.9. The number of ether oxygens (including phenoxy) is 5. The summed E-state index contributed by atoms with van der Waals surface area (Å²) in [4.78, 5) is 0. The Morgan fingerprint density at radius 2 is 2.04 bits per heavy atom. The highest BCUT2D eigenvalue weighted by Crippen LogP contribution is 2.36. The van der Waals surface area contributed by atoms with Gasteiger partial charge in [-0.25, -0.2) is 0 Å². The second-order valence-corrected chi connectivity index (χ2v) is 6.64. The van der Waals surface area contributed by atoms with Crippen LogP contribution >= 0.6 is 0 Å². The van der Waals surface area contributed by atoms with Crippen molar-refractivity contribution in [1.29, 1.82) is 0 Å². The van der Waals surface area contributed by atoms with Crippen molar-refractivity contribution in [3.05, 3.63) is 47.5 Å². The zero-order valence-electron chi connectivity index (χ0n) is 14.9. The van der Waals surface area contributed by atoms with Crippen molar-refractivity contribution < 1.29 is 28.8 Å². The third kappa shape index (κ3) is 4.28. The molecule has 25 heavy (non-hydrogen) atoms. The Morgan fingerprint density at radius 3 is 2.72 bits per heavy atom. The van der Waals surface area contributed by atoms with Crippen LogP contribution in [0.1, 0.15) is 19.4 Å². The van der Waals surface area contributed by atoms with E-state index < -0.39 is 12.1 Å². The van der Waals surface area contributed by atoms with Crippen molar-refractivity contribution in [1.82, 2.24) is 0 Å². The van der Waals surface area contributed by atoms with Gasteiger partial charge in [-0.05, 0) is 19.4 Å². The maximum atomic E-state index is 9.42. The fourth-order valence-electron chi connectivity index (χ4n) is 3.21. The highest BCUT2D eigenvalue weighted by molar-refractivity contribution is 5.20. The number of aliphatic hydroxyl groups is 1. The van der Waals surface area contributed by atoms with Gasteiger partial charge in [0.05, 0.1) is 19.8 Å². The van der Waals surface area contributed by atoms with Gasteiger partial charge in [-0.2, -0.15) is 0 Å². The van der Waals surface area contributed by atoms with Crippen molar-refractivity contribution >= 4 is 0 Å². The van der Waals surface area contributed by atoms with E-state index in [0.29, 0.717) is 13.2 Å². The number of rotatable bonds is 5. The number of aliphatic hydroxyl groups excluding tert-OH is 1. The predicted octanol–water partition coefficient (Wildman–Crippen LogP) is 2.01. The van der Waals surface area contributed by atoms with Crippen LogP contribution in [0.15, 0.2) is 42.0 Å². The molecule has 2 heterocycles. The number of hydrogen-bond acceptors (Lipinski definition) is 6. The molecule has 1 aromatic carbocycles. The molecule has 0 unspecified atom stereocenters. The normalized spacial score (nSPS) is 33.2. The first-order chi connectivity index (χ1) is 12.0. The van der Waals surface area contributed by atoms with Crippen LogP contribution in [0, 0.1) is 0 Å². The van der Waals surface area contributed by atoms with Gasteiger partial charge in [-0.1, -0.05) is 36.4 Å². The standard InChI is InChI=1S/C19H26O6/c1-19(2)23-12-15-17(25-19)16(14(9-10-20)18(21-3)24-15)22-11-13-7-5-4-6-8-13/h4-9,15-18,20H,10-12H2,1-3H3/b14-9+/t15-,16-,17-,18+/m1/s1. The number of methoxy groups -OCH3 is 1. The van der Waals surface area contributed by atoms with Gasteiger partial charge >= 0.3 is 0 Å². The molecule has 0 aromatic heterocycles. The molecule has 2 aliphatic heterocycles. The Kier molecular flexibility index (Phi) is 5.89. The topological polar surface area (TPSA) is 66.4 Å². The molecule has 138 valence electrons. The summed E-state index contributed by atoms with van der Waals surface area (Å²) in [6.45, 7) is 4.44. The summed E-state index contributed by atoms with van der Waals surface area (Å²) in [6, 6.07) is 9.93. The number of fused-ring (bicyclic) bond motifs is 1. The average molecular weight is 350 g/mol. The van der Waals surface area contributed by atoms with Crippen LogP contribution in [0.4, 0.5) is 0 Å². The van der Waals surface area contributed by atoms with Crippen LogP contribution < -0.4 is 0 Å². The molecule has 2 fully saturated rings. The molecule has 0 radical (unpaired) electrons. The Balaban J connectivity index is 1.84. The minimum absolute atomic E-state index is 0.124. The third-order valence-corrected chi connectivity index (χ3v) is 4.39. The van der Waals surface area contributed by atoms with Gasteiger partial charge in [0, 0.05) is 12.7 Å². The van der Waals surface area contributed by atoms with Crippen LogP contribution in [0.3, 0.4) is 0 Å². The van der Waals surface area contributed by atoms with Gasteiger partial charge < -0.3 is 28.8 Å². The minimum atomic E-state index is -0.719. The lowest BCUT2D eigenvalue weighted by molar-refractivity contribution is -0.352. The van der Waals surface area contributed by atoms with Crippen LogP contribution in [-0.4, -0.2) is 55.8 Å². The first-order valence-electron chi connectivity index (χ1n) is 8.50. The van der Waals surface area contributed by atoms with Crippen molar-refractivity contribution in [2.75, 3.05) is 20.3 Å². The molecular weight excluding hydrogens is 324 g/mol. The lowest BCUT2D eigenvalue weighted by atomic mass is 9.94. The predicted molar refractivity (Wildman–Crippen MR) is 90.8 cm³/mol. The summed E-state index contributed by atoms with van der Waals surface area (Å²) in [5.74, 6) is -0.719. The summed E-state index contributed by atoms with van der Waals surface area (Å²) in [5, 5.41) is 9.42.